The third kappa shape index (κ3) is 66.9. The third-order valence-corrected chi connectivity index (χ3v) is 11.5. The van der Waals surface area contributed by atoms with Gasteiger partial charge in [0, 0.05) is 38.7 Å². The number of rotatable bonds is 48. The fourth-order valence-corrected chi connectivity index (χ4v) is 7.49. The molecule has 6 heteroatoms. The zero-order valence-corrected chi connectivity index (χ0v) is 43.1. The molecule has 0 saturated heterocycles. The number of allylic oxidation sites excluding steroid dienone is 8. The van der Waals surface area contributed by atoms with Gasteiger partial charge in [-0.1, -0.05) is 204 Å². The molecule has 0 saturated carbocycles. The van der Waals surface area contributed by atoms with Crippen molar-refractivity contribution < 1.29 is 24.6 Å². The minimum atomic E-state index is -0.709. The smallest absolute Gasteiger partial charge is 0.303 e. The second kappa shape index (κ2) is 62.2. The van der Waals surface area contributed by atoms with Gasteiger partial charge in [0.2, 0.25) is 0 Å². The standard InChI is InChI=1S/C28H50O3.C28H52O2.CH5P/c1-2-3-4-5-6-7-8-9-10-11-12-13-14-15-16-18-21-24-27(29)25-22-19-17-20-23-26-28(30)31;1-2-3-4-5-6-7-8-9-10-11-12-13-14-15-16-19-22-25-28(30)26-23-20-17-18-21-24-27-29;1-2/h6-7,9-10H,2-5,8,11-26H2,1H3,(H,30,31);6-7,9-10,29H,2-5,8,11-27H2,1H3;2H2,1H3/b2*7-6-,10-9-;/i;;2D. The number of carbonyl (C=O) groups excluding carboxylic acids is 2. The Hall–Kier alpha value is -1.84. The van der Waals surface area contributed by atoms with E-state index >= 15 is 0 Å². The monoisotopic (exact) mass is 904 g/mol. The summed E-state index contributed by atoms with van der Waals surface area (Å²) in [6, 6.07) is 0. The number of Topliss-reactive ketones (excluding diaryl/α,β-unsaturated/α-hetero) is 2. The van der Waals surface area contributed by atoms with E-state index in [-0.39, 0.29) is 6.42 Å². The van der Waals surface area contributed by atoms with E-state index in [0.29, 0.717) is 33.8 Å². The van der Waals surface area contributed by atoms with Gasteiger partial charge in [-0.3, -0.25) is 14.4 Å². The largest absolute Gasteiger partial charge is 0.481 e. The van der Waals surface area contributed by atoms with Crippen molar-refractivity contribution in [2.24, 2.45) is 0 Å². The highest BCUT2D eigenvalue weighted by Gasteiger charge is 2.04. The van der Waals surface area contributed by atoms with Gasteiger partial charge in [0.1, 0.15) is 11.6 Å². The maximum absolute atomic E-state index is 11.9. The Labute approximate surface area is 396 Å². The molecule has 0 aromatic carbocycles. The Morgan fingerprint density at radius 3 is 0.889 bits per heavy atom. The molecule has 2 N–H and O–H groups in total. The van der Waals surface area contributed by atoms with Crippen LogP contribution in [0.3, 0.4) is 0 Å². The van der Waals surface area contributed by atoms with E-state index in [1.165, 1.54) is 161 Å². The average molecular weight is 904 g/mol. The molecule has 0 aliphatic rings. The molecule has 0 spiro atoms. The van der Waals surface area contributed by atoms with Crippen molar-refractivity contribution >= 4 is 26.7 Å². The van der Waals surface area contributed by atoms with Gasteiger partial charge in [-0.15, -0.1) is 9.18 Å². The zero-order chi connectivity index (χ0) is 47.5. The lowest BCUT2D eigenvalue weighted by Gasteiger charge is -2.03. The van der Waals surface area contributed by atoms with E-state index in [4.69, 9.17) is 11.5 Å². The molecule has 0 aliphatic heterocycles. The normalized spacial score (nSPS) is 11.8. The van der Waals surface area contributed by atoms with Crippen molar-refractivity contribution in [1.29, 1.82) is 1.28 Å². The minimum Gasteiger partial charge on any atom is -0.481 e. The van der Waals surface area contributed by atoms with E-state index in [9.17, 15) is 14.4 Å². The van der Waals surface area contributed by atoms with Gasteiger partial charge in [0.05, 0.1) is 1.28 Å². The third-order valence-electron chi connectivity index (χ3n) is 11.5. The van der Waals surface area contributed by atoms with E-state index in [2.05, 4.69) is 62.5 Å². The molecule has 0 bridgehead atoms. The van der Waals surface area contributed by atoms with E-state index < -0.39 is 5.97 Å². The number of ketones is 2. The highest BCUT2D eigenvalue weighted by molar-refractivity contribution is 7.15. The molecule has 0 rings (SSSR count). The van der Waals surface area contributed by atoms with Crippen LogP contribution in [0.25, 0.3) is 0 Å². The molecular weight excluding hydrogens is 796 g/mol. The van der Waals surface area contributed by atoms with E-state index in [1.54, 1.807) is 0 Å². The summed E-state index contributed by atoms with van der Waals surface area (Å²) in [6.45, 7) is 6.63. The predicted octanol–water partition coefficient (Wildman–Crippen LogP) is 18.3. The summed E-state index contributed by atoms with van der Waals surface area (Å²) < 4.78 is 6.24. The van der Waals surface area contributed by atoms with E-state index in [1.807, 2.05) is 6.66 Å². The van der Waals surface area contributed by atoms with Crippen LogP contribution in [0, 0.1) is 0 Å². The Morgan fingerprint density at radius 1 is 0.381 bits per heavy atom. The second-order valence-electron chi connectivity index (χ2n) is 17.7. The molecule has 0 heterocycles. The van der Waals surface area contributed by atoms with E-state index in [0.717, 1.165) is 96.3 Å². The van der Waals surface area contributed by atoms with Crippen LogP contribution in [-0.2, 0) is 14.4 Å². The summed E-state index contributed by atoms with van der Waals surface area (Å²) in [5.41, 5.74) is 0. The Morgan fingerprint density at radius 2 is 0.619 bits per heavy atom. The zero-order valence-electron chi connectivity index (χ0n) is 43.1. The van der Waals surface area contributed by atoms with Gasteiger partial charge in [-0.25, -0.2) is 0 Å². The van der Waals surface area contributed by atoms with Gasteiger partial charge in [0.15, 0.2) is 0 Å². The molecule has 1 unspecified atom stereocenters. The summed E-state index contributed by atoms with van der Waals surface area (Å²) in [7, 11) is 0.333. The summed E-state index contributed by atoms with van der Waals surface area (Å²) in [4.78, 5) is 34.2. The summed E-state index contributed by atoms with van der Waals surface area (Å²) in [5.74, 6) is 0.167. The molecule has 370 valence electrons. The van der Waals surface area contributed by atoms with Crippen LogP contribution in [0.2, 0.25) is 0 Å². The molecule has 5 nitrogen and oxygen atoms in total. The lowest BCUT2D eigenvalue weighted by Crippen LogP contribution is -1.98. The van der Waals surface area contributed by atoms with Crippen molar-refractivity contribution in [3.8, 4) is 0 Å². The Balaban J connectivity index is -0.00000109. The molecule has 1 atom stereocenters. The van der Waals surface area contributed by atoms with Gasteiger partial charge >= 0.3 is 5.97 Å². The van der Waals surface area contributed by atoms with Crippen LogP contribution in [0.5, 0.6) is 0 Å². The number of aliphatic carboxylic acids is 1. The molecule has 0 amide bonds. The number of unbranched alkanes of at least 4 members (excludes halogenated alkanes) is 29. The van der Waals surface area contributed by atoms with Crippen molar-refractivity contribution in [3.63, 3.8) is 0 Å². The molecule has 0 radical (unpaired) electrons. The van der Waals surface area contributed by atoms with Crippen molar-refractivity contribution in [2.45, 2.75) is 284 Å². The quantitative estimate of drug-likeness (QED) is 0.0361. The number of carbonyl (C=O) groups is 3. The maximum atomic E-state index is 11.9. The van der Waals surface area contributed by atoms with Gasteiger partial charge in [0.25, 0.3) is 0 Å². The average Bonchev–Trinajstić information content (AvgIpc) is 3.28. The fraction of sp³-hybridized carbons (Fsp3) is 0.807. The number of hydrogen-bond acceptors (Lipinski definition) is 4. The van der Waals surface area contributed by atoms with Gasteiger partial charge < -0.3 is 10.2 Å². The molecule has 0 aromatic heterocycles. The number of carboxylic acids is 1. The highest BCUT2D eigenvalue weighted by Crippen LogP contribution is 2.15. The van der Waals surface area contributed by atoms with Crippen LogP contribution in [-0.4, -0.2) is 42.3 Å². The topological polar surface area (TPSA) is 91.7 Å². The fourth-order valence-electron chi connectivity index (χ4n) is 7.49. The summed E-state index contributed by atoms with van der Waals surface area (Å²) in [6.07, 6.45) is 66.0. The van der Waals surface area contributed by atoms with Crippen LogP contribution < -0.4 is 0 Å². The lowest BCUT2D eigenvalue weighted by molar-refractivity contribution is -0.137. The first kappa shape index (κ1) is 63.2. The minimum absolute atomic E-state index is 0.271. The Bertz CT molecular complexity index is 1050. The number of hydrogen-bond donors (Lipinski definition) is 2. The van der Waals surface area contributed by atoms with Crippen LogP contribution in [0.4, 0.5) is 0 Å². The van der Waals surface area contributed by atoms with Crippen LogP contribution >= 0.6 is 9.18 Å². The maximum Gasteiger partial charge on any atom is 0.303 e. The van der Waals surface area contributed by atoms with Crippen LogP contribution in [0.15, 0.2) is 48.6 Å². The number of aliphatic hydroxyl groups excluding tert-OH is 1. The SMILES string of the molecule is CCCCC/C=C\C/C=C\CCCCCCCCCC(=O)CCCCCCCC(=O)O.CCCCC/C=C\C/C=C\CCCCCCCCCC(=O)CCCCCCCCO.[2H]PC. The first-order chi connectivity index (χ1) is 31.4. The molecular formula is C57H107O5P. The summed E-state index contributed by atoms with van der Waals surface area (Å²) in [5, 5.41) is 17.3. The van der Waals surface area contributed by atoms with Gasteiger partial charge in [-0.2, -0.15) is 0 Å². The van der Waals surface area contributed by atoms with Crippen molar-refractivity contribution in [2.75, 3.05) is 13.3 Å². The predicted molar refractivity (Wildman–Crippen MR) is 282 cm³/mol. The van der Waals surface area contributed by atoms with Crippen molar-refractivity contribution in [1.82, 2.24) is 0 Å². The van der Waals surface area contributed by atoms with Crippen LogP contribution in [0.1, 0.15) is 284 Å². The lowest BCUT2D eigenvalue weighted by atomic mass is 10.0. The van der Waals surface area contributed by atoms with Gasteiger partial charge in [-0.05, 0) is 103 Å². The van der Waals surface area contributed by atoms with Crippen molar-refractivity contribution in [3.05, 3.63) is 48.6 Å². The molecule has 0 aliphatic carbocycles. The number of aliphatic hydroxyl groups is 1. The molecule has 0 fully saturated rings. The second-order valence-corrected chi connectivity index (χ2v) is 17.7. The number of carboxylic acid groups (broad SMARTS) is 1. The summed E-state index contributed by atoms with van der Waals surface area (Å²) >= 11 is 0. The Kier molecular flexibility index (Phi) is 62.5. The molecule has 63 heavy (non-hydrogen) atoms. The first-order valence-corrected chi connectivity index (χ1v) is 27.9. The highest BCUT2D eigenvalue weighted by atomic mass is 31.0. The molecule has 0 aromatic rings. The first-order valence-electron chi connectivity index (χ1n) is 27.4.